The lowest BCUT2D eigenvalue weighted by atomic mass is 9.69. The molecule has 0 N–H and O–H groups in total. The van der Waals surface area contributed by atoms with Crippen molar-refractivity contribution in [3.63, 3.8) is 0 Å². The standard InChI is InChI=1S/C17H28O2/c1-6-15-12(2)7-14-9-17(10-18-4,11-19-5)8-13(3)16(14)15/h7,12,15H,6,8-11H2,1-5H3/t12-,15-/m0/s1. The molecule has 0 aromatic rings. The predicted octanol–water partition coefficient (Wildman–Crippen LogP) is 3.98. The van der Waals surface area contributed by atoms with Crippen LogP contribution in [-0.4, -0.2) is 27.4 Å². The van der Waals surface area contributed by atoms with Gasteiger partial charge < -0.3 is 9.47 Å². The van der Waals surface area contributed by atoms with Crippen LogP contribution in [0, 0.1) is 17.3 Å². The summed E-state index contributed by atoms with van der Waals surface area (Å²) in [5.41, 5.74) is 4.92. The molecule has 19 heavy (non-hydrogen) atoms. The highest BCUT2D eigenvalue weighted by Gasteiger charge is 2.41. The van der Waals surface area contributed by atoms with Crippen LogP contribution < -0.4 is 0 Å². The highest BCUT2D eigenvalue weighted by Crippen LogP contribution is 2.51. The Bertz CT molecular complexity index is 386. The topological polar surface area (TPSA) is 18.5 Å². The van der Waals surface area contributed by atoms with Crippen LogP contribution in [0.25, 0.3) is 0 Å². The third kappa shape index (κ3) is 2.66. The average Bonchev–Trinajstić information content (AvgIpc) is 2.65. The van der Waals surface area contributed by atoms with E-state index in [0.717, 1.165) is 32.0 Å². The van der Waals surface area contributed by atoms with E-state index in [0.29, 0.717) is 5.92 Å². The molecule has 0 saturated heterocycles. The molecule has 0 bridgehead atoms. The van der Waals surface area contributed by atoms with Crippen molar-refractivity contribution in [2.24, 2.45) is 17.3 Å². The van der Waals surface area contributed by atoms with E-state index < -0.39 is 0 Å². The fourth-order valence-corrected chi connectivity index (χ4v) is 4.33. The molecule has 2 atom stereocenters. The van der Waals surface area contributed by atoms with E-state index in [1.54, 1.807) is 30.9 Å². The van der Waals surface area contributed by atoms with Gasteiger partial charge in [-0.1, -0.05) is 25.5 Å². The molecule has 0 aromatic heterocycles. The van der Waals surface area contributed by atoms with Gasteiger partial charge in [-0.2, -0.15) is 0 Å². The van der Waals surface area contributed by atoms with Gasteiger partial charge in [0.2, 0.25) is 0 Å². The van der Waals surface area contributed by atoms with E-state index in [1.165, 1.54) is 6.42 Å². The Morgan fingerprint density at radius 1 is 1.21 bits per heavy atom. The molecule has 0 fully saturated rings. The Kier molecular flexibility index (Phi) is 4.52. The summed E-state index contributed by atoms with van der Waals surface area (Å²) in [4.78, 5) is 0. The Morgan fingerprint density at radius 2 is 1.84 bits per heavy atom. The van der Waals surface area contributed by atoms with Gasteiger partial charge in [0.1, 0.15) is 0 Å². The van der Waals surface area contributed by atoms with Gasteiger partial charge in [0.05, 0.1) is 13.2 Å². The van der Waals surface area contributed by atoms with Gasteiger partial charge in [-0.3, -0.25) is 0 Å². The summed E-state index contributed by atoms with van der Waals surface area (Å²) in [5.74, 6) is 1.42. The summed E-state index contributed by atoms with van der Waals surface area (Å²) in [5, 5.41) is 0. The fraction of sp³-hybridized carbons (Fsp3) is 0.765. The van der Waals surface area contributed by atoms with Gasteiger partial charge in [0, 0.05) is 19.6 Å². The predicted molar refractivity (Wildman–Crippen MR) is 79.1 cm³/mol. The first-order valence-corrected chi connectivity index (χ1v) is 7.45. The fourth-order valence-electron chi connectivity index (χ4n) is 4.33. The number of allylic oxidation sites excluding steroid dienone is 4. The molecule has 0 saturated carbocycles. The molecule has 2 heteroatoms. The van der Waals surface area contributed by atoms with Gasteiger partial charge in [-0.05, 0) is 49.2 Å². The second-order valence-electron chi connectivity index (χ2n) is 6.48. The van der Waals surface area contributed by atoms with Gasteiger partial charge in [0.25, 0.3) is 0 Å². The normalized spacial score (nSPS) is 29.4. The van der Waals surface area contributed by atoms with E-state index in [-0.39, 0.29) is 5.41 Å². The first-order chi connectivity index (χ1) is 9.06. The van der Waals surface area contributed by atoms with E-state index in [1.807, 2.05) is 0 Å². The van der Waals surface area contributed by atoms with E-state index in [4.69, 9.17) is 9.47 Å². The molecule has 0 radical (unpaired) electrons. The molecule has 2 aliphatic rings. The summed E-state index contributed by atoms with van der Waals surface area (Å²) in [6.45, 7) is 8.55. The summed E-state index contributed by atoms with van der Waals surface area (Å²) < 4.78 is 11.0. The van der Waals surface area contributed by atoms with Gasteiger partial charge in [0.15, 0.2) is 0 Å². The Balaban J connectivity index is 2.33. The lowest BCUT2D eigenvalue weighted by Crippen LogP contribution is -2.35. The van der Waals surface area contributed by atoms with Crippen molar-refractivity contribution in [1.82, 2.24) is 0 Å². The van der Waals surface area contributed by atoms with Crippen molar-refractivity contribution >= 4 is 0 Å². The second kappa shape index (κ2) is 5.80. The maximum absolute atomic E-state index is 5.48. The van der Waals surface area contributed by atoms with Gasteiger partial charge in [-0.15, -0.1) is 0 Å². The zero-order valence-corrected chi connectivity index (χ0v) is 13.1. The van der Waals surface area contributed by atoms with E-state index >= 15 is 0 Å². The van der Waals surface area contributed by atoms with E-state index in [2.05, 4.69) is 26.8 Å². The highest BCUT2D eigenvalue weighted by atomic mass is 16.5. The van der Waals surface area contributed by atoms with Gasteiger partial charge >= 0.3 is 0 Å². The summed E-state index contributed by atoms with van der Waals surface area (Å²) in [6.07, 6.45) is 5.97. The number of hydrogen-bond donors (Lipinski definition) is 0. The molecular formula is C17H28O2. The highest BCUT2D eigenvalue weighted by molar-refractivity contribution is 5.46. The third-order valence-electron chi connectivity index (χ3n) is 4.82. The minimum atomic E-state index is 0.144. The van der Waals surface area contributed by atoms with Crippen LogP contribution in [-0.2, 0) is 9.47 Å². The lowest BCUT2D eigenvalue weighted by molar-refractivity contribution is 0.00812. The van der Waals surface area contributed by atoms with Crippen LogP contribution in [0.1, 0.15) is 40.0 Å². The van der Waals surface area contributed by atoms with Crippen LogP contribution in [0.3, 0.4) is 0 Å². The van der Waals surface area contributed by atoms with Crippen LogP contribution in [0.15, 0.2) is 22.8 Å². The van der Waals surface area contributed by atoms with Crippen LogP contribution >= 0.6 is 0 Å². The maximum Gasteiger partial charge on any atom is 0.0547 e. The quantitative estimate of drug-likeness (QED) is 0.748. The number of methoxy groups -OCH3 is 2. The van der Waals surface area contributed by atoms with Crippen molar-refractivity contribution < 1.29 is 9.47 Å². The number of rotatable bonds is 5. The smallest absolute Gasteiger partial charge is 0.0547 e. The van der Waals surface area contributed by atoms with E-state index in [9.17, 15) is 0 Å². The monoisotopic (exact) mass is 264 g/mol. The van der Waals surface area contributed by atoms with Gasteiger partial charge in [-0.25, -0.2) is 0 Å². The summed E-state index contributed by atoms with van der Waals surface area (Å²) in [7, 11) is 3.60. The van der Waals surface area contributed by atoms with Crippen LogP contribution in [0.2, 0.25) is 0 Å². The second-order valence-corrected chi connectivity index (χ2v) is 6.48. The summed E-state index contributed by atoms with van der Waals surface area (Å²) in [6, 6.07) is 0. The number of fused-ring (bicyclic) bond motifs is 1. The van der Waals surface area contributed by atoms with Crippen molar-refractivity contribution in [3.05, 3.63) is 22.8 Å². The molecule has 0 unspecified atom stereocenters. The molecule has 0 aliphatic heterocycles. The molecule has 2 nitrogen and oxygen atoms in total. The molecular weight excluding hydrogens is 236 g/mol. The Morgan fingerprint density at radius 3 is 2.37 bits per heavy atom. The van der Waals surface area contributed by atoms with Crippen LogP contribution in [0.5, 0.6) is 0 Å². The molecule has 2 aliphatic carbocycles. The third-order valence-corrected chi connectivity index (χ3v) is 4.82. The zero-order valence-electron chi connectivity index (χ0n) is 13.1. The zero-order chi connectivity index (χ0) is 14.0. The molecule has 108 valence electrons. The lowest BCUT2D eigenvalue weighted by Gasteiger charge is -2.39. The Hall–Kier alpha value is -0.600. The SMILES string of the molecule is CC[C@@H]1C2=C(C)CC(COC)(COC)CC2=C[C@@H]1C. The summed E-state index contributed by atoms with van der Waals surface area (Å²) >= 11 is 0. The minimum absolute atomic E-state index is 0.144. The van der Waals surface area contributed by atoms with Crippen molar-refractivity contribution in [2.45, 2.75) is 40.0 Å². The number of hydrogen-bond acceptors (Lipinski definition) is 2. The maximum atomic E-state index is 5.48. The molecule has 2 rings (SSSR count). The number of ether oxygens (including phenoxy) is 2. The molecule has 0 spiro atoms. The molecule has 0 aromatic carbocycles. The minimum Gasteiger partial charge on any atom is -0.384 e. The molecule has 0 heterocycles. The van der Waals surface area contributed by atoms with Crippen LogP contribution in [0.4, 0.5) is 0 Å². The first kappa shape index (κ1) is 14.8. The Labute approximate surface area is 117 Å². The first-order valence-electron chi connectivity index (χ1n) is 7.45. The van der Waals surface area contributed by atoms with Crippen molar-refractivity contribution in [1.29, 1.82) is 0 Å². The largest absolute Gasteiger partial charge is 0.384 e. The molecule has 0 amide bonds. The average molecular weight is 264 g/mol. The van der Waals surface area contributed by atoms with Crippen molar-refractivity contribution in [3.8, 4) is 0 Å². The van der Waals surface area contributed by atoms with Crippen molar-refractivity contribution in [2.75, 3.05) is 27.4 Å².